The van der Waals surface area contributed by atoms with Crippen molar-refractivity contribution in [3.63, 3.8) is 0 Å². The van der Waals surface area contributed by atoms with Crippen molar-refractivity contribution in [3.05, 3.63) is 47.9 Å². The van der Waals surface area contributed by atoms with Crippen LogP contribution in [0.25, 0.3) is 0 Å². The van der Waals surface area contributed by atoms with Gasteiger partial charge in [0.2, 0.25) is 0 Å². The van der Waals surface area contributed by atoms with E-state index in [9.17, 15) is 4.39 Å². The van der Waals surface area contributed by atoms with Gasteiger partial charge in [0.25, 0.3) is 0 Å². The molecule has 0 radical (unpaired) electrons. The number of aromatic nitrogens is 1. The summed E-state index contributed by atoms with van der Waals surface area (Å²) in [5.41, 5.74) is 9.73. The lowest BCUT2D eigenvalue weighted by Crippen LogP contribution is -2.25. The summed E-state index contributed by atoms with van der Waals surface area (Å²) >= 11 is 2.45. The molecule has 120 valence electrons. The highest BCUT2D eigenvalue weighted by molar-refractivity contribution is 9.12. The highest BCUT2D eigenvalue weighted by atomic mass is 79.9. The molecule has 3 rings (SSSR count). The predicted molar refractivity (Wildman–Crippen MR) is 92.2 cm³/mol. The molecule has 2 heterocycles. The maximum absolute atomic E-state index is 12.6. The number of fused-ring (bicyclic) bond motifs is 1. The molecule has 1 atom stereocenters. The van der Waals surface area contributed by atoms with E-state index < -0.39 is 0 Å². The van der Waals surface area contributed by atoms with Crippen LogP contribution in [-0.4, -0.2) is 16.5 Å². The maximum Gasteiger partial charge on any atom is 0.142 e. The van der Waals surface area contributed by atoms with E-state index in [-0.39, 0.29) is 11.7 Å². The van der Waals surface area contributed by atoms with E-state index in [4.69, 9.17) is 16.8 Å². The summed E-state index contributed by atoms with van der Waals surface area (Å²) in [6.45, 7) is 1.98. The Morgan fingerprint density at radius 3 is 2.61 bits per heavy atom. The Labute approximate surface area is 141 Å². The molecule has 1 unspecified atom stereocenters. The fraction of sp³-hybridized carbons (Fsp3) is 0.143. The van der Waals surface area contributed by atoms with Gasteiger partial charge < -0.3 is 11.2 Å². The van der Waals surface area contributed by atoms with Crippen LogP contribution in [0.15, 0.2) is 52.6 Å². The topological polar surface area (TPSA) is 125 Å². The van der Waals surface area contributed by atoms with Crippen molar-refractivity contribution in [1.29, 1.82) is 5.26 Å². The average molecular weight is 380 g/mol. The first kappa shape index (κ1) is 18.5. The first-order valence-electron chi connectivity index (χ1n) is 6.37. The third kappa shape index (κ3) is 5.98. The van der Waals surface area contributed by atoms with Gasteiger partial charge in [-0.05, 0) is 36.8 Å². The van der Waals surface area contributed by atoms with Crippen molar-refractivity contribution in [3.8, 4) is 4.98 Å². The quantitative estimate of drug-likeness (QED) is 0.509. The molecule has 0 amide bonds. The number of nitrogens with two attached hydrogens (primary N) is 2. The molecule has 7 nitrogen and oxygen atoms in total. The average Bonchev–Trinajstić information content (AvgIpc) is 2.90. The Balaban J connectivity index is 0.000000200. The lowest BCUT2D eigenvalue weighted by molar-refractivity contribution is 0.658. The SMILES string of the molecule is Cc1ccc(NN)nc1.N#CBr.NC1=NN=C2C=CC(F)=CC12. The number of allylic oxidation sites excluding steroid dienone is 3. The number of hydrazine groups is 1. The van der Waals surface area contributed by atoms with Crippen LogP contribution in [0.1, 0.15) is 5.56 Å². The van der Waals surface area contributed by atoms with Crippen LogP contribution in [-0.2, 0) is 0 Å². The van der Waals surface area contributed by atoms with Crippen molar-refractivity contribution in [1.82, 2.24) is 4.98 Å². The number of rotatable bonds is 1. The van der Waals surface area contributed by atoms with E-state index in [1.807, 2.05) is 19.1 Å². The second kappa shape index (κ2) is 9.45. The van der Waals surface area contributed by atoms with Gasteiger partial charge >= 0.3 is 0 Å². The van der Waals surface area contributed by atoms with Crippen molar-refractivity contribution >= 4 is 33.3 Å². The van der Waals surface area contributed by atoms with Crippen molar-refractivity contribution < 1.29 is 4.39 Å². The van der Waals surface area contributed by atoms with Crippen LogP contribution >= 0.6 is 15.9 Å². The number of halogens is 2. The molecule has 5 N–H and O–H groups in total. The predicted octanol–water partition coefficient (Wildman–Crippen LogP) is 2.29. The summed E-state index contributed by atoms with van der Waals surface area (Å²) in [7, 11) is 0. The monoisotopic (exact) mass is 379 g/mol. The molecule has 0 saturated carbocycles. The summed E-state index contributed by atoms with van der Waals surface area (Å²) in [6, 6.07) is 3.78. The molecule has 1 aromatic rings. The zero-order valence-electron chi connectivity index (χ0n) is 12.2. The minimum atomic E-state index is -0.283. The molecule has 9 heteroatoms. The first-order valence-corrected chi connectivity index (χ1v) is 7.16. The van der Waals surface area contributed by atoms with E-state index in [0.29, 0.717) is 17.4 Å². The largest absolute Gasteiger partial charge is 0.385 e. The number of hydrogen-bond acceptors (Lipinski definition) is 7. The normalized spacial score (nSPS) is 17.0. The summed E-state index contributed by atoms with van der Waals surface area (Å²) in [4.78, 5) is 5.52. The summed E-state index contributed by atoms with van der Waals surface area (Å²) in [5, 5.41) is 14.6. The summed E-state index contributed by atoms with van der Waals surface area (Å²) < 4.78 is 12.6. The Morgan fingerprint density at radius 1 is 1.35 bits per heavy atom. The number of hydrogen-bond donors (Lipinski definition) is 3. The van der Waals surface area contributed by atoms with Gasteiger partial charge in [-0.1, -0.05) is 6.07 Å². The van der Waals surface area contributed by atoms with Gasteiger partial charge in [0.15, 0.2) is 0 Å². The number of anilines is 1. The summed E-state index contributed by atoms with van der Waals surface area (Å²) in [5.74, 6) is 5.62. The highest BCUT2D eigenvalue weighted by Crippen LogP contribution is 2.19. The Morgan fingerprint density at radius 2 is 2.04 bits per heavy atom. The molecular weight excluding hydrogens is 365 g/mol. The highest BCUT2D eigenvalue weighted by Gasteiger charge is 2.24. The third-order valence-corrected chi connectivity index (χ3v) is 2.72. The number of pyridine rings is 1. The molecule has 0 bridgehead atoms. The Hall–Kier alpha value is -2.57. The summed E-state index contributed by atoms with van der Waals surface area (Å²) in [6.07, 6.45) is 6.10. The van der Waals surface area contributed by atoms with Gasteiger partial charge in [0.1, 0.15) is 22.5 Å². The molecule has 0 saturated heterocycles. The molecule has 0 spiro atoms. The molecular formula is C14H15BrFN7. The number of aryl methyl sites for hydroxylation is 1. The van der Waals surface area contributed by atoms with Gasteiger partial charge in [-0.3, -0.25) is 0 Å². The maximum atomic E-state index is 12.6. The van der Waals surface area contributed by atoms with Gasteiger partial charge in [-0.2, -0.15) is 10.4 Å². The van der Waals surface area contributed by atoms with E-state index in [1.54, 1.807) is 17.3 Å². The Bertz CT molecular complexity index is 686. The molecule has 1 aliphatic carbocycles. The number of amidine groups is 1. The number of nitrogens with zero attached hydrogens (tertiary/aromatic N) is 4. The van der Waals surface area contributed by atoms with E-state index in [0.717, 1.165) is 5.56 Å². The van der Waals surface area contributed by atoms with Crippen LogP contribution in [0.5, 0.6) is 0 Å². The van der Waals surface area contributed by atoms with E-state index >= 15 is 0 Å². The number of nitrogens with one attached hydrogen (secondary N) is 1. The zero-order valence-corrected chi connectivity index (χ0v) is 13.8. The number of nitrogen functional groups attached to an aromatic ring is 1. The van der Waals surface area contributed by atoms with Crippen molar-refractivity contribution in [2.75, 3.05) is 5.43 Å². The lowest BCUT2D eigenvalue weighted by Gasteiger charge is -2.07. The van der Waals surface area contributed by atoms with Crippen molar-refractivity contribution in [2.45, 2.75) is 6.92 Å². The standard InChI is InChI=1S/C7H6FN3.C6H9N3.CBrN/c8-4-1-2-6-5(3-4)7(9)11-10-6;1-5-2-3-6(9-7)8-4-5;2-1-3/h1-3,5H,(H2,9,11);2-4H,7H2,1H3,(H,8,9);. The fourth-order valence-corrected chi connectivity index (χ4v) is 1.63. The van der Waals surface area contributed by atoms with Crippen molar-refractivity contribution in [2.24, 2.45) is 27.7 Å². The fourth-order valence-electron chi connectivity index (χ4n) is 1.63. The molecule has 1 aromatic heterocycles. The van der Waals surface area contributed by atoms with Crippen LogP contribution in [0, 0.1) is 23.1 Å². The lowest BCUT2D eigenvalue weighted by atomic mass is 9.98. The second-order valence-electron chi connectivity index (χ2n) is 4.36. The molecule has 0 aromatic carbocycles. The van der Waals surface area contributed by atoms with E-state index in [2.05, 4.69) is 36.5 Å². The van der Waals surface area contributed by atoms with Gasteiger partial charge in [0.05, 0.1) is 11.6 Å². The minimum Gasteiger partial charge on any atom is -0.385 e. The minimum absolute atomic E-state index is 0.236. The van der Waals surface area contributed by atoms with Crippen LogP contribution in [0.4, 0.5) is 10.2 Å². The number of nitriles is 1. The molecule has 2 aliphatic rings. The second-order valence-corrected chi connectivity index (χ2v) is 4.72. The van der Waals surface area contributed by atoms with Crippen LogP contribution in [0.2, 0.25) is 0 Å². The van der Waals surface area contributed by atoms with Gasteiger partial charge in [-0.25, -0.2) is 15.2 Å². The Kier molecular flexibility index (Phi) is 7.59. The first-order chi connectivity index (χ1) is 11.0. The zero-order chi connectivity index (χ0) is 17.2. The van der Waals surface area contributed by atoms with Gasteiger partial charge in [0, 0.05) is 22.1 Å². The third-order valence-electron chi connectivity index (χ3n) is 2.72. The molecule has 1 aliphatic heterocycles. The van der Waals surface area contributed by atoms with Gasteiger partial charge in [-0.15, -0.1) is 5.10 Å². The van der Waals surface area contributed by atoms with Crippen LogP contribution in [0.3, 0.4) is 0 Å². The molecule has 23 heavy (non-hydrogen) atoms. The molecule has 0 fully saturated rings. The van der Waals surface area contributed by atoms with E-state index in [1.165, 1.54) is 12.2 Å². The smallest absolute Gasteiger partial charge is 0.142 e. The van der Waals surface area contributed by atoms with Crippen LogP contribution < -0.4 is 17.0 Å².